The lowest BCUT2D eigenvalue weighted by Gasteiger charge is -2.13. The molecule has 1 N–H and O–H groups in total. The van der Waals surface area contributed by atoms with E-state index in [1.54, 1.807) is 13.1 Å². The summed E-state index contributed by atoms with van der Waals surface area (Å²) in [6.07, 6.45) is 4.42. The predicted molar refractivity (Wildman–Crippen MR) is 88.2 cm³/mol. The number of nitrogens with zero attached hydrogens (tertiary/aromatic N) is 2. The van der Waals surface area contributed by atoms with Crippen molar-refractivity contribution >= 4 is 5.91 Å². The van der Waals surface area contributed by atoms with Crippen LogP contribution in [0.2, 0.25) is 0 Å². The first-order chi connectivity index (χ1) is 12.0. The smallest absolute Gasteiger partial charge is 0.387 e. The monoisotopic (exact) mass is 353 g/mol. The molecular formula is C17H21F2N3O3. The van der Waals surface area contributed by atoms with E-state index in [4.69, 9.17) is 4.74 Å². The number of aromatic nitrogens is 2. The van der Waals surface area contributed by atoms with Crippen molar-refractivity contribution in [2.75, 3.05) is 13.2 Å². The minimum Gasteiger partial charge on any atom is -0.490 e. The summed E-state index contributed by atoms with van der Waals surface area (Å²) in [4.78, 5) is 12.2. The largest absolute Gasteiger partial charge is 0.490 e. The van der Waals surface area contributed by atoms with Gasteiger partial charge < -0.3 is 14.8 Å². The van der Waals surface area contributed by atoms with Crippen LogP contribution in [0.25, 0.3) is 0 Å². The molecule has 1 amide bonds. The molecular weight excluding hydrogens is 332 g/mol. The Morgan fingerprint density at radius 1 is 1.36 bits per heavy atom. The highest BCUT2D eigenvalue weighted by Gasteiger charge is 2.14. The maximum absolute atomic E-state index is 12.4. The van der Waals surface area contributed by atoms with E-state index < -0.39 is 6.61 Å². The number of carbonyl (C=O) groups excluding carboxylic acids is 1. The molecule has 0 radical (unpaired) electrons. The molecule has 136 valence electrons. The standard InChI is InChI=1S/C17H21F2N3O3/c1-3-24-15-9-13(5-6-14(15)25-17(18)19)16(23)20-7-4-8-22-11-12(2)10-21-22/h5-6,9-11,17H,3-4,7-8H2,1-2H3,(H,20,23). The van der Waals surface area contributed by atoms with Crippen molar-refractivity contribution in [1.29, 1.82) is 0 Å². The zero-order valence-corrected chi connectivity index (χ0v) is 14.2. The van der Waals surface area contributed by atoms with Gasteiger partial charge in [-0.3, -0.25) is 9.48 Å². The molecule has 1 aromatic heterocycles. The van der Waals surface area contributed by atoms with Crippen molar-refractivity contribution in [2.24, 2.45) is 0 Å². The normalized spacial score (nSPS) is 10.8. The van der Waals surface area contributed by atoms with Gasteiger partial charge in [0, 0.05) is 24.8 Å². The van der Waals surface area contributed by atoms with Crippen molar-refractivity contribution in [3.8, 4) is 11.5 Å². The van der Waals surface area contributed by atoms with Crippen LogP contribution in [-0.4, -0.2) is 35.5 Å². The van der Waals surface area contributed by atoms with Crippen LogP contribution < -0.4 is 14.8 Å². The van der Waals surface area contributed by atoms with Crippen molar-refractivity contribution in [3.63, 3.8) is 0 Å². The van der Waals surface area contributed by atoms with Crippen LogP contribution in [-0.2, 0) is 6.54 Å². The van der Waals surface area contributed by atoms with Gasteiger partial charge in [0.25, 0.3) is 5.91 Å². The third-order valence-electron chi connectivity index (χ3n) is 3.33. The lowest BCUT2D eigenvalue weighted by molar-refractivity contribution is -0.0514. The van der Waals surface area contributed by atoms with Gasteiger partial charge in [-0.05, 0) is 44.0 Å². The second-order valence-corrected chi connectivity index (χ2v) is 5.36. The summed E-state index contributed by atoms with van der Waals surface area (Å²) < 4.78 is 36.2. The zero-order valence-electron chi connectivity index (χ0n) is 14.2. The molecule has 8 heteroatoms. The molecule has 0 bridgehead atoms. The van der Waals surface area contributed by atoms with Crippen molar-refractivity contribution < 1.29 is 23.0 Å². The van der Waals surface area contributed by atoms with E-state index in [0.717, 1.165) is 12.0 Å². The fourth-order valence-corrected chi connectivity index (χ4v) is 2.25. The van der Waals surface area contributed by atoms with Crippen LogP contribution in [0.15, 0.2) is 30.6 Å². The number of halogens is 2. The number of carbonyl (C=O) groups is 1. The summed E-state index contributed by atoms with van der Waals surface area (Å²) in [6, 6.07) is 4.12. The number of hydrogen-bond donors (Lipinski definition) is 1. The molecule has 0 saturated carbocycles. The van der Waals surface area contributed by atoms with Crippen LogP contribution in [0.1, 0.15) is 29.3 Å². The van der Waals surface area contributed by atoms with E-state index in [9.17, 15) is 13.6 Å². The number of aryl methyl sites for hydroxylation is 2. The maximum Gasteiger partial charge on any atom is 0.387 e. The Balaban J connectivity index is 1.90. The van der Waals surface area contributed by atoms with E-state index in [2.05, 4.69) is 15.2 Å². The molecule has 6 nitrogen and oxygen atoms in total. The minimum atomic E-state index is -2.95. The Bertz CT molecular complexity index is 704. The van der Waals surface area contributed by atoms with Gasteiger partial charge in [0.15, 0.2) is 11.5 Å². The van der Waals surface area contributed by atoms with Gasteiger partial charge >= 0.3 is 6.61 Å². The van der Waals surface area contributed by atoms with Crippen LogP contribution in [0.5, 0.6) is 11.5 Å². The first-order valence-corrected chi connectivity index (χ1v) is 7.98. The predicted octanol–water partition coefficient (Wildman–Crippen LogP) is 3.01. The first kappa shape index (κ1) is 18.7. The Morgan fingerprint density at radius 2 is 2.16 bits per heavy atom. The lowest BCUT2D eigenvalue weighted by Crippen LogP contribution is -2.25. The van der Waals surface area contributed by atoms with Gasteiger partial charge in [-0.15, -0.1) is 0 Å². The summed E-state index contributed by atoms with van der Waals surface area (Å²) in [5, 5.41) is 6.95. The Morgan fingerprint density at radius 3 is 2.80 bits per heavy atom. The molecule has 1 heterocycles. The average Bonchev–Trinajstić information content (AvgIpc) is 2.98. The van der Waals surface area contributed by atoms with Gasteiger partial charge in [-0.25, -0.2) is 0 Å². The van der Waals surface area contributed by atoms with Gasteiger partial charge in [0.2, 0.25) is 0 Å². The number of alkyl halides is 2. The highest BCUT2D eigenvalue weighted by atomic mass is 19.3. The van der Waals surface area contributed by atoms with E-state index >= 15 is 0 Å². The second-order valence-electron chi connectivity index (χ2n) is 5.36. The molecule has 0 aliphatic heterocycles. The molecule has 2 aromatic rings. The van der Waals surface area contributed by atoms with Gasteiger partial charge in [-0.1, -0.05) is 0 Å². The Labute approximate surface area is 144 Å². The topological polar surface area (TPSA) is 65.4 Å². The molecule has 0 fully saturated rings. The van der Waals surface area contributed by atoms with Crippen LogP contribution in [0.3, 0.4) is 0 Å². The highest BCUT2D eigenvalue weighted by Crippen LogP contribution is 2.29. The Hall–Kier alpha value is -2.64. The van der Waals surface area contributed by atoms with Crippen molar-refractivity contribution in [3.05, 3.63) is 41.7 Å². The summed E-state index contributed by atoms with van der Waals surface area (Å²) in [5.41, 5.74) is 1.40. The number of ether oxygens (including phenoxy) is 2. The van der Waals surface area contributed by atoms with E-state index in [0.29, 0.717) is 18.7 Å². The number of amides is 1. The molecule has 2 rings (SSSR count). The average molecular weight is 353 g/mol. The highest BCUT2D eigenvalue weighted by molar-refractivity contribution is 5.94. The lowest BCUT2D eigenvalue weighted by atomic mass is 10.2. The summed E-state index contributed by atoms with van der Waals surface area (Å²) in [5.74, 6) is -0.286. The summed E-state index contributed by atoms with van der Waals surface area (Å²) >= 11 is 0. The molecule has 0 spiro atoms. The summed E-state index contributed by atoms with van der Waals surface area (Å²) in [7, 11) is 0. The van der Waals surface area contributed by atoms with Gasteiger partial charge in [-0.2, -0.15) is 13.9 Å². The fraction of sp³-hybridized carbons (Fsp3) is 0.412. The maximum atomic E-state index is 12.4. The zero-order chi connectivity index (χ0) is 18.2. The molecule has 0 aliphatic rings. The Kier molecular flexibility index (Phi) is 6.73. The molecule has 0 unspecified atom stereocenters. The number of hydrogen-bond acceptors (Lipinski definition) is 4. The third kappa shape index (κ3) is 5.74. The quantitative estimate of drug-likeness (QED) is 0.704. The van der Waals surface area contributed by atoms with Gasteiger partial charge in [0.1, 0.15) is 0 Å². The van der Waals surface area contributed by atoms with E-state index in [-0.39, 0.29) is 24.0 Å². The molecule has 0 saturated heterocycles. The van der Waals surface area contributed by atoms with Gasteiger partial charge in [0.05, 0.1) is 12.8 Å². The van der Waals surface area contributed by atoms with Crippen LogP contribution >= 0.6 is 0 Å². The van der Waals surface area contributed by atoms with Crippen molar-refractivity contribution in [2.45, 2.75) is 33.4 Å². The molecule has 25 heavy (non-hydrogen) atoms. The van der Waals surface area contributed by atoms with E-state index in [1.807, 2.05) is 17.8 Å². The first-order valence-electron chi connectivity index (χ1n) is 7.98. The fourth-order valence-electron chi connectivity index (χ4n) is 2.25. The number of benzene rings is 1. The van der Waals surface area contributed by atoms with Crippen LogP contribution in [0.4, 0.5) is 8.78 Å². The second kappa shape index (κ2) is 9.00. The van der Waals surface area contributed by atoms with Crippen LogP contribution in [0, 0.1) is 6.92 Å². The molecule has 1 aromatic carbocycles. The minimum absolute atomic E-state index is 0.0950. The van der Waals surface area contributed by atoms with E-state index in [1.165, 1.54) is 18.2 Å². The third-order valence-corrected chi connectivity index (χ3v) is 3.33. The molecule has 0 aliphatic carbocycles. The summed E-state index contributed by atoms with van der Waals surface area (Å²) in [6.45, 7) is 2.16. The SMILES string of the molecule is CCOc1cc(C(=O)NCCCn2cc(C)cn2)ccc1OC(F)F. The number of rotatable bonds is 9. The molecule has 0 atom stereocenters. The van der Waals surface area contributed by atoms with Crippen molar-refractivity contribution in [1.82, 2.24) is 15.1 Å². The number of nitrogens with one attached hydrogen (secondary N) is 1.